The number of hydrogen-bond donors (Lipinski definition) is 10. The molecule has 2 fully saturated rings. The summed E-state index contributed by atoms with van der Waals surface area (Å²) in [5.41, 5.74) is -1.15. The van der Waals surface area contributed by atoms with Gasteiger partial charge < -0.3 is 58.6 Å². The van der Waals surface area contributed by atoms with Gasteiger partial charge >= 0.3 is 61.4 Å². The summed E-state index contributed by atoms with van der Waals surface area (Å²) in [7, 11) is -25.6. The van der Waals surface area contributed by atoms with Crippen LogP contribution >= 0.6 is 54.8 Å². The molecule has 10 N–H and O–H groups in total. The number of halogens is 3. The summed E-state index contributed by atoms with van der Waals surface area (Å²) in [5, 5.41) is 13.0. The van der Waals surface area contributed by atoms with Crippen LogP contribution in [-0.2, 0) is 80.0 Å². The van der Waals surface area contributed by atoms with Gasteiger partial charge in [0.05, 0.1) is 32.5 Å². The van der Waals surface area contributed by atoms with Gasteiger partial charge in [-0.05, 0) is 54.8 Å². The van der Waals surface area contributed by atoms with Crippen LogP contribution in [0.4, 0.5) is 56.1 Å². The second-order valence-corrected chi connectivity index (χ2v) is 29.1. The van der Waals surface area contributed by atoms with Gasteiger partial charge in [0, 0.05) is 53.1 Å². The average molecular weight is 1520 g/mol. The molecule has 2 aliphatic rings. The molecule has 5 heterocycles. The van der Waals surface area contributed by atoms with Gasteiger partial charge in [0.1, 0.15) is 24.4 Å². The van der Waals surface area contributed by atoms with Gasteiger partial charge in [0.2, 0.25) is 0 Å². The Labute approximate surface area is 570 Å². The van der Waals surface area contributed by atoms with Gasteiger partial charge in [-0.15, -0.1) is 0 Å². The molecule has 100 heavy (non-hydrogen) atoms. The lowest BCUT2D eigenvalue weighted by Gasteiger charge is -2.28. The fourth-order valence-electron chi connectivity index (χ4n) is 9.46. The number of nitrogens with one attached hydrogen (secondary N) is 6. The van der Waals surface area contributed by atoms with Crippen LogP contribution in [0.5, 0.6) is 0 Å². The number of benzene rings is 4. The van der Waals surface area contributed by atoms with Gasteiger partial charge in [-0.2, -0.15) is 37.9 Å². The molecule has 0 radical (unpaired) electrons. The standard InChI is InChI=1S/C55H60F3N11O25P4S2/c1-99-27-24-59-47-42-48(67-50(66-47)100-26-23-55(56,57)58)69(32-60-42)49-46(91-54(75)64-36-20-12-5-13-21-36)45(88-41(29-70)61-33-14-6-2-7-15-33)39(87-49)31-85-96(78,79)93-98(82,83)94-97(80,81)92-95(76,77)84-30-38-44(90-53(74)63-35-18-10-4-11-19-35)43(89-52(73)62-34-16-8-3-9-17-34)37(86-38)28-68-25-22-40(71)65-51(68)72/h2-22,25,29,32,37-39,41,43-46,49,61H,23-24,26-28,30-31H2,1H3,(H,62,73)(H,63,74)(H,64,75)(H,76,77)(H,78,79)(H,80,81)(H,82,83)(H,59,66,67)(H,65,71,72)/t37-,38+,39+,41?,43-,44+,45+,46+,49+/m0/s1. The van der Waals surface area contributed by atoms with Crippen molar-refractivity contribution >= 4 is 119 Å². The van der Waals surface area contributed by atoms with E-state index >= 15 is 0 Å². The van der Waals surface area contributed by atoms with Gasteiger partial charge in [0.15, 0.2) is 59.2 Å². The number of aromatic nitrogens is 6. The van der Waals surface area contributed by atoms with Crippen molar-refractivity contribution in [3.63, 3.8) is 0 Å². The highest BCUT2D eigenvalue weighted by molar-refractivity contribution is 7.99. The molecule has 45 heteroatoms. The molecule has 3 amide bonds. The van der Waals surface area contributed by atoms with E-state index in [0.717, 1.165) is 27.7 Å². The molecule has 9 rings (SSSR count). The Balaban J connectivity index is 0.945. The molecule has 0 bridgehead atoms. The highest BCUT2D eigenvalue weighted by Gasteiger charge is 2.54. The van der Waals surface area contributed by atoms with Crippen molar-refractivity contribution in [1.29, 1.82) is 0 Å². The van der Waals surface area contributed by atoms with E-state index in [2.05, 4.69) is 54.5 Å². The zero-order valence-corrected chi connectivity index (χ0v) is 56.6. The summed E-state index contributed by atoms with van der Waals surface area (Å²) in [4.78, 5) is 137. The molecule has 36 nitrogen and oxygen atoms in total. The molecule has 0 aliphatic carbocycles. The lowest BCUT2D eigenvalue weighted by Crippen LogP contribution is -2.44. The number of amides is 3. The van der Waals surface area contributed by atoms with Crippen LogP contribution in [0.1, 0.15) is 12.6 Å². The van der Waals surface area contributed by atoms with E-state index in [1.165, 1.54) is 60.3 Å². The van der Waals surface area contributed by atoms with Crippen molar-refractivity contribution in [1.82, 2.24) is 29.1 Å². The molecular formula is C55H60F3N11O25P4S2. The number of ether oxygens (including phenoxy) is 6. The minimum Gasteiger partial charge on any atom is -0.439 e. The fraction of sp³-hybridized carbons (Fsp3) is 0.327. The molecule has 5 unspecified atom stereocenters. The number of carbonyl (C=O) groups is 4. The van der Waals surface area contributed by atoms with Crippen molar-refractivity contribution in [2.45, 2.75) is 79.5 Å². The molecule has 4 aromatic carbocycles. The molecule has 13 atom stereocenters. The maximum absolute atomic E-state index is 13.9. The lowest BCUT2D eigenvalue weighted by molar-refractivity contribution is -0.129. The number of thioether (sulfide) groups is 2. The Morgan fingerprint density at radius 3 is 1.65 bits per heavy atom. The number of alkyl halides is 3. The third kappa shape index (κ3) is 22.6. The van der Waals surface area contributed by atoms with Crippen LogP contribution in [0.3, 0.4) is 0 Å². The van der Waals surface area contributed by atoms with E-state index in [1.54, 1.807) is 72.8 Å². The number of phosphoric ester groups is 2. The molecule has 2 saturated heterocycles. The normalized spacial score (nSPS) is 21.8. The average Bonchev–Trinajstić information content (AvgIpc) is 1.60. The van der Waals surface area contributed by atoms with E-state index in [9.17, 15) is 79.8 Å². The van der Waals surface area contributed by atoms with Crippen molar-refractivity contribution in [2.75, 3.05) is 64.1 Å². The fourth-order valence-corrected chi connectivity index (χ4v) is 15.5. The van der Waals surface area contributed by atoms with Crippen molar-refractivity contribution in [3.8, 4) is 0 Å². The Morgan fingerprint density at radius 2 is 1.15 bits per heavy atom. The zero-order chi connectivity index (χ0) is 71.8. The molecule has 3 aromatic heterocycles. The first kappa shape index (κ1) is 76.3. The van der Waals surface area contributed by atoms with Gasteiger partial charge in [-0.25, -0.2) is 52.4 Å². The summed E-state index contributed by atoms with van der Waals surface area (Å²) >= 11 is 2.06. The lowest BCUT2D eigenvalue weighted by atomic mass is 10.1. The number of phosphoric acid groups is 4. The second kappa shape index (κ2) is 34.2. The largest absolute Gasteiger partial charge is 0.490 e. The summed E-state index contributed by atoms with van der Waals surface area (Å²) in [6.07, 6.45) is -21.6. The number of aldehydes is 1. The highest BCUT2D eigenvalue weighted by Crippen LogP contribution is 2.71. The molecular weight excluding hydrogens is 1460 g/mol. The summed E-state index contributed by atoms with van der Waals surface area (Å²) in [5.74, 6) is 0.0204. The van der Waals surface area contributed by atoms with Crippen LogP contribution in [0.25, 0.3) is 11.2 Å². The van der Waals surface area contributed by atoms with Crippen LogP contribution in [0.2, 0.25) is 0 Å². The Hall–Kier alpha value is -7.88. The van der Waals surface area contributed by atoms with Crippen LogP contribution < -0.4 is 37.8 Å². The maximum atomic E-state index is 13.9. The Kier molecular flexibility index (Phi) is 26.1. The number of anilines is 5. The first-order valence-electron chi connectivity index (χ1n) is 29.0. The van der Waals surface area contributed by atoms with Gasteiger partial charge in [0.25, 0.3) is 5.56 Å². The summed E-state index contributed by atoms with van der Waals surface area (Å²) < 4.78 is 154. The topological polar surface area (TPSA) is 478 Å². The van der Waals surface area contributed by atoms with Gasteiger partial charge in [-0.1, -0.05) is 84.6 Å². The minimum atomic E-state index is -6.60. The van der Waals surface area contributed by atoms with Crippen molar-refractivity contribution in [2.24, 2.45) is 0 Å². The number of rotatable bonds is 33. The second-order valence-electron chi connectivity index (χ2n) is 20.8. The Morgan fingerprint density at radius 1 is 0.660 bits per heavy atom. The van der Waals surface area contributed by atoms with Crippen LogP contribution in [0, 0.1) is 0 Å². The number of aromatic amines is 1. The van der Waals surface area contributed by atoms with Crippen LogP contribution in [-0.4, -0.2) is 166 Å². The number of imidazole rings is 1. The molecule has 0 saturated carbocycles. The first-order chi connectivity index (χ1) is 47.5. The minimum absolute atomic E-state index is 0.00154. The smallest absolute Gasteiger partial charge is 0.439 e. The SMILES string of the molecule is CSCCNc1nc(SCCC(F)(F)F)nc2c1ncn2[C@@H]1O[C@H](COP(=O)(O)OP(=O)(O)OP(=O)(O)OP(=O)(O)OC[C@H]2O[C@@H](Cn3ccc(=O)[nH]c3=O)[C@H](OC(=O)Nc3ccccc3)[C@@H]2OC(=O)Nc2ccccc2)[C@@H](OC(C=O)Nc2ccccc2)[C@H]1OC(=O)Nc1ccccc1. The molecule has 0 spiro atoms. The third-order valence-electron chi connectivity index (χ3n) is 13.6. The van der Waals surface area contributed by atoms with E-state index < -0.39 is 154 Å². The van der Waals surface area contributed by atoms with Crippen LogP contribution in [0.15, 0.2) is 155 Å². The predicted octanol–water partition coefficient (Wildman–Crippen LogP) is 8.22. The predicted molar refractivity (Wildman–Crippen MR) is 348 cm³/mol. The van der Waals surface area contributed by atoms with E-state index in [0.29, 0.717) is 17.5 Å². The third-order valence-corrected chi connectivity index (χ3v) is 20.9. The number of fused-ring (bicyclic) bond motifs is 1. The highest BCUT2D eigenvalue weighted by atomic mass is 32.2. The summed E-state index contributed by atoms with van der Waals surface area (Å²) in [6, 6.07) is 31.8. The van der Waals surface area contributed by atoms with Gasteiger partial charge in [-0.3, -0.25) is 48.7 Å². The first-order valence-corrected chi connectivity index (χ1v) is 37.4. The van der Waals surface area contributed by atoms with E-state index in [4.69, 9.17) is 37.5 Å². The number of hydrogen-bond acceptors (Lipinski definition) is 28. The van der Waals surface area contributed by atoms with Crippen molar-refractivity contribution < 1.29 is 121 Å². The maximum Gasteiger partial charge on any atom is 0.490 e. The molecule has 2 aliphatic heterocycles. The van der Waals surface area contributed by atoms with Crippen molar-refractivity contribution in [3.05, 3.63) is 161 Å². The molecule has 538 valence electrons. The number of para-hydroxylation sites is 4. The monoisotopic (exact) mass is 1520 g/mol. The quantitative estimate of drug-likeness (QED) is 0.00352. The zero-order valence-electron chi connectivity index (χ0n) is 51.3. The van der Waals surface area contributed by atoms with E-state index in [-0.39, 0.29) is 57.7 Å². The number of carbonyl (C=O) groups excluding carboxylic acids is 4. The van der Waals surface area contributed by atoms with E-state index in [1.807, 2.05) is 11.2 Å². The Bertz CT molecular complexity index is 4290. The molecule has 7 aromatic rings. The summed E-state index contributed by atoms with van der Waals surface area (Å²) in [6.45, 7) is -3.04. The number of nitrogens with zero attached hydrogens (tertiary/aromatic N) is 5. The number of H-pyrrole nitrogens is 1.